The highest BCUT2D eigenvalue weighted by molar-refractivity contribution is 5.98. The molecule has 15 heavy (non-hydrogen) atoms. The van der Waals surface area contributed by atoms with Gasteiger partial charge in [-0.15, -0.1) is 0 Å². The minimum absolute atomic E-state index is 0.0531. The van der Waals surface area contributed by atoms with Gasteiger partial charge in [0.1, 0.15) is 5.84 Å². The van der Waals surface area contributed by atoms with E-state index in [4.69, 9.17) is 10.9 Å². The lowest BCUT2D eigenvalue weighted by molar-refractivity contribution is -0.120. The summed E-state index contributed by atoms with van der Waals surface area (Å²) >= 11 is 0. The van der Waals surface area contributed by atoms with Crippen LogP contribution in [0.4, 0.5) is 0 Å². The lowest BCUT2D eigenvalue weighted by Gasteiger charge is -2.14. The van der Waals surface area contributed by atoms with Crippen molar-refractivity contribution < 1.29 is 10.0 Å². The van der Waals surface area contributed by atoms with Gasteiger partial charge in [-0.3, -0.25) is 4.79 Å². The molecule has 5 nitrogen and oxygen atoms in total. The molecule has 0 aromatic carbocycles. The van der Waals surface area contributed by atoms with Crippen LogP contribution in [-0.4, -0.2) is 23.0 Å². The van der Waals surface area contributed by atoms with E-state index in [-0.39, 0.29) is 24.2 Å². The molecule has 0 radical (unpaired) electrons. The van der Waals surface area contributed by atoms with Crippen molar-refractivity contribution in [2.45, 2.75) is 46.1 Å². The highest BCUT2D eigenvalue weighted by atomic mass is 16.4. The van der Waals surface area contributed by atoms with Gasteiger partial charge in [-0.1, -0.05) is 19.0 Å². The predicted octanol–water partition coefficient (Wildman–Crippen LogP) is 1.06. The van der Waals surface area contributed by atoms with Crippen LogP contribution in [0.2, 0.25) is 0 Å². The van der Waals surface area contributed by atoms with Gasteiger partial charge in [0.05, 0.1) is 6.42 Å². The molecule has 1 atom stereocenters. The van der Waals surface area contributed by atoms with E-state index in [9.17, 15) is 4.79 Å². The maximum atomic E-state index is 11.3. The Hall–Kier alpha value is -1.26. The van der Waals surface area contributed by atoms with Gasteiger partial charge in [0, 0.05) is 6.04 Å². The van der Waals surface area contributed by atoms with Gasteiger partial charge in [-0.05, 0) is 25.7 Å². The zero-order chi connectivity index (χ0) is 11.8. The summed E-state index contributed by atoms with van der Waals surface area (Å²) in [6.45, 7) is 6.24. The van der Waals surface area contributed by atoms with E-state index in [1.165, 1.54) is 0 Å². The van der Waals surface area contributed by atoms with Gasteiger partial charge >= 0.3 is 0 Å². The van der Waals surface area contributed by atoms with Crippen molar-refractivity contribution >= 4 is 11.7 Å². The smallest absolute Gasteiger partial charge is 0.227 e. The molecule has 0 aliphatic carbocycles. The molecule has 0 fully saturated rings. The Kier molecular flexibility index (Phi) is 6.49. The Balaban J connectivity index is 3.76. The summed E-state index contributed by atoms with van der Waals surface area (Å²) in [6.07, 6.45) is 1.97. The minimum Gasteiger partial charge on any atom is -0.409 e. The molecule has 4 N–H and O–H groups in total. The highest BCUT2D eigenvalue weighted by Crippen LogP contribution is 2.06. The maximum absolute atomic E-state index is 11.3. The zero-order valence-electron chi connectivity index (χ0n) is 9.66. The van der Waals surface area contributed by atoms with Crippen molar-refractivity contribution in [2.24, 2.45) is 16.8 Å². The minimum atomic E-state index is -0.207. The van der Waals surface area contributed by atoms with Crippen LogP contribution in [0.5, 0.6) is 0 Å². The van der Waals surface area contributed by atoms with E-state index in [1.54, 1.807) is 0 Å². The summed E-state index contributed by atoms with van der Waals surface area (Å²) < 4.78 is 0. The van der Waals surface area contributed by atoms with Crippen LogP contribution >= 0.6 is 0 Å². The third-order valence-electron chi connectivity index (χ3n) is 2.05. The number of carbonyl (C=O) groups excluding carboxylic acids is 1. The molecule has 5 heteroatoms. The number of carbonyl (C=O) groups is 1. The number of nitrogens with zero attached hydrogens (tertiary/aromatic N) is 1. The number of rotatable bonds is 6. The van der Waals surface area contributed by atoms with Gasteiger partial charge in [0.25, 0.3) is 0 Å². The number of nitrogens with two attached hydrogens (primary N) is 1. The highest BCUT2D eigenvalue weighted by Gasteiger charge is 2.09. The number of hydrogen-bond acceptors (Lipinski definition) is 3. The maximum Gasteiger partial charge on any atom is 0.227 e. The summed E-state index contributed by atoms with van der Waals surface area (Å²) in [7, 11) is 0. The largest absolute Gasteiger partial charge is 0.409 e. The lowest BCUT2D eigenvalue weighted by atomic mass is 10.0. The fourth-order valence-corrected chi connectivity index (χ4v) is 1.18. The third-order valence-corrected chi connectivity index (χ3v) is 2.05. The molecule has 0 spiro atoms. The quantitative estimate of drug-likeness (QED) is 0.268. The van der Waals surface area contributed by atoms with Crippen LogP contribution in [0.25, 0.3) is 0 Å². The van der Waals surface area contributed by atoms with Crippen molar-refractivity contribution in [1.29, 1.82) is 0 Å². The molecule has 0 aromatic heterocycles. The summed E-state index contributed by atoms with van der Waals surface area (Å²) in [5, 5.41) is 13.8. The zero-order valence-corrected chi connectivity index (χ0v) is 9.66. The molecular weight excluding hydrogens is 194 g/mol. The van der Waals surface area contributed by atoms with E-state index >= 15 is 0 Å². The van der Waals surface area contributed by atoms with E-state index in [2.05, 4.69) is 24.3 Å². The average molecular weight is 215 g/mol. The molecule has 0 saturated heterocycles. The van der Waals surface area contributed by atoms with Crippen LogP contribution in [0, 0.1) is 5.92 Å². The summed E-state index contributed by atoms with van der Waals surface area (Å²) in [5.74, 6) is 0.360. The normalized spacial score (nSPS) is 14.0. The Bertz CT molecular complexity index is 227. The van der Waals surface area contributed by atoms with Gasteiger partial charge in [0.15, 0.2) is 0 Å². The molecule has 1 unspecified atom stereocenters. The monoisotopic (exact) mass is 215 g/mol. The number of nitrogens with one attached hydrogen (secondary N) is 1. The molecule has 0 rings (SSSR count). The number of amidine groups is 1. The van der Waals surface area contributed by atoms with Crippen LogP contribution < -0.4 is 11.1 Å². The second-order valence-corrected chi connectivity index (χ2v) is 4.21. The lowest BCUT2D eigenvalue weighted by Crippen LogP contribution is -2.35. The molecule has 0 aliphatic rings. The SMILES string of the molecule is CC(C)CCC(C)NC(=O)CC(N)=NO. The average Bonchev–Trinajstić information content (AvgIpc) is 2.14. The van der Waals surface area contributed by atoms with Crippen molar-refractivity contribution in [1.82, 2.24) is 5.32 Å². The second kappa shape index (κ2) is 7.09. The van der Waals surface area contributed by atoms with Gasteiger partial charge in [0.2, 0.25) is 5.91 Å². The standard InChI is InChI=1S/C10H21N3O2/c1-7(2)4-5-8(3)12-10(14)6-9(11)13-15/h7-8,15H,4-6H2,1-3H3,(H2,11,13)(H,12,14). The van der Waals surface area contributed by atoms with Crippen molar-refractivity contribution in [2.75, 3.05) is 0 Å². The molecular formula is C10H21N3O2. The van der Waals surface area contributed by atoms with E-state index in [1.807, 2.05) is 6.92 Å². The van der Waals surface area contributed by atoms with Gasteiger partial charge < -0.3 is 16.3 Å². The number of amides is 1. The van der Waals surface area contributed by atoms with E-state index < -0.39 is 0 Å². The van der Waals surface area contributed by atoms with Gasteiger partial charge in [-0.25, -0.2) is 0 Å². The third kappa shape index (κ3) is 7.78. The van der Waals surface area contributed by atoms with Crippen molar-refractivity contribution in [3.63, 3.8) is 0 Å². The van der Waals surface area contributed by atoms with Crippen LogP contribution in [0.15, 0.2) is 5.16 Å². The number of hydrogen-bond donors (Lipinski definition) is 3. The van der Waals surface area contributed by atoms with Crippen LogP contribution in [0.3, 0.4) is 0 Å². The Morgan fingerprint density at radius 3 is 2.47 bits per heavy atom. The first-order valence-corrected chi connectivity index (χ1v) is 5.21. The molecule has 88 valence electrons. The first-order valence-electron chi connectivity index (χ1n) is 5.21. The Morgan fingerprint density at radius 1 is 1.40 bits per heavy atom. The summed E-state index contributed by atoms with van der Waals surface area (Å²) in [5.41, 5.74) is 5.21. The van der Waals surface area contributed by atoms with E-state index in [0.29, 0.717) is 5.92 Å². The predicted molar refractivity (Wildman–Crippen MR) is 59.7 cm³/mol. The first kappa shape index (κ1) is 13.7. The fraction of sp³-hybridized carbons (Fsp3) is 0.800. The molecule has 1 amide bonds. The Morgan fingerprint density at radius 2 is 2.00 bits per heavy atom. The van der Waals surface area contributed by atoms with Crippen LogP contribution in [0.1, 0.15) is 40.0 Å². The van der Waals surface area contributed by atoms with Gasteiger partial charge in [-0.2, -0.15) is 0 Å². The summed E-state index contributed by atoms with van der Waals surface area (Å²) in [4.78, 5) is 11.3. The van der Waals surface area contributed by atoms with Crippen LogP contribution in [-0.2, 0) is 4.79 Å². The first-order chi connectivity index (χ1) is 6.95. The molecule has 0 saturated carbocycles. The van der Waals surface area contributed by atoms with Crippen molar-refractivity contribution in [3.8, 4) is 0 Å². The second-order valence-electron chi connectivity index (χ2n) is 4.21. The topological polar surface area (TPSA) is 87.7 Å². The number of oxime groups is 1. The van der Waals surface area contributed by atoms with Crippen molar-refractivity contribution in [3.05, 3.63) is 0 Å². The molecule has 0 aliphatic heterocycles. The molecule has 0 bridgehead atoms. The molecule has 0 heterocycles. The van der Waals surface area contributed by atoms with E-state index in [0.717, 1.165) is 12.8 Å². The molecule has 0 aromatic rings. The summed E-state index contributed by atoms with van der Waals surface area (Å²) in [6, 6.07) is 0.131. The fourth-order valence-electron chi connectivity index (χ4n) is 1.18. The Labute approximate surface area is 90.7 Å².